The molecule has 1 aromatic rings. The average Bonchev–Trinajstić information content (AvgIpc) is 2.09. The van der Waals surface area contributed by atoms with Crippen molar-refractivity contribution in [1.29, 1.82) is 0 Å². The number of methoxy groups -OCH3 is 1. The van der Waals surface area contributed by atoms with Gasteiger partial charge in [0.05, 0.1) is 12.6 Å². The number of ether oxygens (including phenoxy) is 1. The van der Waals surface area contributed by atoms with Crippen LogP contribution < -0.4 is 5.73 Å². The standard InChI is InChI=1S/C9H11F2NO/c1-13-5-9(12)7-4-6(10)2-3-8(7)11/h2-4,9H,5,12H2,1H3/t9-/m0/s1. The van der Waals surface area contributed by atoms with Crippen LogP contribution in [0, 0.1) is 11.6 Å². The highest BCUT2D eigenvalue weighted by atomic mass is 19.1. The fourth-order valence-electron chi connectivity index (χ4n) is 1.07. The summed E-state index contributed by atoms with van der Waals surface area (Å²) in [6.07, 6.45) is 0. The van der Waals surface area contributed by atoms with Gasteiger partial charge in [-0.15, -0.1) is 0 Å². The number of halogens is 2. The molecule has 2 nitrogen and oxygen atoms in total. The minimum Gasteiger partial charge on any atom is -0.383 e. The largest absolute Gasteiger partial charge is 0.383 e. The SMILES string of the molecule is COC[C@H](N)c1cc(F)ccc1F. The Morgan fingerprint density at radius 2 is 2.15 bits per heavy atom. The Bertz CT molecular complexity index is 291. The van der Waals surface area contributed by atoms with Crippen molar-refractivity contribution in [2.24, 2.45) is 5.73 Å². The molecule has 0 aliphatic carbocycles. The van der Waals surface area contributed by atoms with Crippen molar-refractivity contribution in [3.05, 3.63) is 35.4 Å². The van der Waals surface area contributed by atoms with Crippen molar-refractivity contribution in [3.8, 4) is 0 Å². The summed E-state index contributed by atoms with van der Waals surface area (Å²) >= 11 is 0. The first-order valence-corrected chi connectivity index (χ1v) is 3.84. The van der Waals surface area contributed by atoms with Crippen LogP contribution in [-0.4, -0.2) is 13.7 Å². The third-order valence-electron chi connectivity index (χ3n) is 1.70. The van der Waals surface area contributed by atoms with Gasteiger partial charge in [0.15, 0.2) is 0 Å². The van der Waals surface area contributed by atoms with Crippen molar-refractivity contribution in [3.63, 3.8) is 0 Å². The van der Waals surface area contributed by atoms with Crippen molar-refractivity contribution in [2.45, 2.75) is 6.04 Å². The van der Waals surface area contributed by atoms with E-state index in [1.165, 1.54) is 7.11 Å². The minimum absolute atomic E-state index is 0.141. The van der Waals surface area contributed by atoms with Gasteiger partial charge in [-0.2, -0.15) is 0 Å². The summed E-state index contributed by atoms with van der Waals surface area (Å²) in [7, 11) is 1.46. The molecule has 0 aliphatic rings. The molecule has 13 heavy (non-hydrogen) atoms. The molecule has 0 spiro atoms. The van der Waals surface area contributed by atoms with Gasteiger partial charge in [-0.1, -0.05) is 0 Å². The predicted octanol–water partition coefficient (Wildman–Crippen LogP) is 1.61. The maximum atomic E-state index is 13.0. The molecule has 0 unspecified atom stereocenters. The van der Waals surface area contributed by atoms with E-state index in [1.807, 2.05) is 0 Å². The number of rotatable bonds is 3. The Morgan fingerprint density at radius 1 is 1.46 bits per heavy atom. The van der Waals surface area contributed by atoms with Crippen LogP contribution in [0.2, 0.25) is 0 Å². The number of nitrogens with two attached hydrogens (primary N) is 1. The Hall–Kier alpha value is -1.00. The van der Waals surface area contributed by atoms with Gasteiger partial charge in [-0.05, 0) is 18.2 Å². The number of benzene rings is 1. The molecule has 0 amide bonds. The van der Waals surface area contributed by atoms with E-state index >= 15 is 0 Å². The van der Waals surface area contributed by atoms with Gasteiger partial charge in [0.25, 0.3) is 0 Å². The zero-order valence-corrected chi connectivity index (χ0v) is 7.26. The van der Waals surface area contributed by atoms with Crippen molar-refractivity contribution in [1.82, 2.24) is 0 Å². The third kappa shape index (κ3) is 2.47. The van der Waals surface area contributed by atoms with Gasteiger partial charge in [-0.3, -0.25) is 0 Å². The third-order valence-corrected chi connectivity index (χ3v) is 1.70. The highest BCUT2D eigenvalue weighted by molar-refractivity contribution is 5.21. The predicted molar refractivity (Wildman–Crippen MR) is 45.2 cm³/mol. The maximum Gasteiger partial charge on any atom is 0.128 e. The molecule has 0 bridgehead atoms. The zero-order chi connectivity index (χ0) is 9.84. The lowest BCUT2D eigenvalue weighted by Gasteiger charge is -2.11. The second-order valence-electron chi connectivity index (χ2n) is 2.73. The summed E-state index contributed by atoms with van der Waals surface area (Å²) in [5, 5.41) is 0. The smallest absolute Gasteiger partial charge is 0.128 e. The Labute approximate surface area is 75.3 Å². The van der Waals surface area contributed by atoms with E-state index in [2.05, 4.69) is 0 Å². The molecule has 0 saturated carbocycles. The van der Waals surface area contributed by atoms with E-state index in [0.29, 0.717) is 0 Å². The Kier molecular flexibility index (Phi) is 3.33. The van der Waals surface area contributed by atoms with Crippen LogP contribution >= 0.6 is 0 Å². The van der Waals surface area contributed by atoms with Crippen LogP contribution in [0.4, 0.5) is 8.78 Å². The monoisotopic (exact) mass is 187 g/mol. The minimum atomic E-state index is -0.624. The molecule has 1 atom stereocenters. The molecule has 1 aromatic carbocycles. The van der Waals surface area contributed by atoms with E-state index in [1.54, 1.807) is 0 Å². The van der Waals surface area contributed by atoms with Crippen LogP contribution in [0.25, 0.3) is 0 Å². The van der Waals surface area contributed by atoms with Crippen LogP contribution in [-0.2, 0) is 4.74 Å². The topological polar surface area (TPSA) is 35.2 Å². The molecule has 0 heterocycles. The summed E-state index contributed by atoms with van der Waals surface area (Å²) in [4.78, 5) is 0. The van der Waals surface area contributed by atoms with Crippen LogP contribution in [0.5, 0.6) is 0 Å². The lowest BCUT2D eigenvalue weighted by molar-refractivity contribution is 0.179. The van der Waals surface area contributed by atoms with E-state index < -0.39 is 17.7 Å². The van der Waals surface area contributed by atoms with Gasteiger partial charge >= 0.3 is 0 Å². The summed E-state index contributed by atoms with van der Waals surface area (Å²) in [6, 6.07) is 2.57. The highest BCUT2D eigenvalue weighted by Crippen LogP contribution is 2.16. The lowest BCUT2D eigenvalue weighted by atomic mass is 10.1. The van der Waals surface area contributed by atoms with Gasteiger partial charge in [0.1, 0.15) is 11.6 Å². The first-order valence-electron chi connectivity index (χ1n) is 3.84. The molecule has 2 N–H and O–H groups in total. The van der Waals surface area contributed by atoms with E-state index in [0.717, 1.165) is 18.2 Å². The van der Waals surface area contributed by atoms with Crippen LogP contribution in [0.1, 0.15) is 11.6 Å². The number of hydrogen-bond acceptors (Lipinski definition) is 2. The fraction of sp³-hybridized carbons (Fsp3) is 0.333. The average molecular weight is 187 g/mol. The van der Waals surface area contributed by atoms with E-state index in [4.69, 9.17) is 10.5 Å². The Morgan fingerprint density at radius 3 is 2.77 bits per heavy atom. The van der Waals surface area contributed by atoms with Gasteiger partial charge in [0.2, 0.25) is 0 Å². The summed E-state index contributed by atoms with van der Waals surface area (Å²) in [5.74, 6) is -1.01. The first-order chi connectivity index (χ1) is 6.15. The number of hydrogen-bond donors (Lipinski definition) is 1. The molecule has 1 rings (SSSR count). The van der Waals surface area contributed by atoms with Gasteiger partial charge < -0.3 is 10.5 Å². The second-order valence-corrected chi connectivity index (χ2v) is 2.73. The van der Waals surface area contributed by atoms with Crippen molar-refractivity contribution < 1.29 is 13.5 Å². The molecule has 0 radical (unpaired) electrons. The summed E-state index contributed by atoms with van der Waals surface area (Å²) < 4.78 is 30.5. The van der Waals surface area contributed by atoms with Gasteiger partial charge in [-0.25, -0.2) is 8.78 Å². The van der Waals surface area contributed by atoms with E-state index in [9.17, 15) is 8.78 Å². The van der Waals surface area contributed by atoms with Crippen molar-refractivity contribution >= 4 is 0 Å². The van der Waals surface area contributed by atoms with Crippen LogP contribution in [0.3, 0.4) is 0 Å². The summed E-state index contributed by atoms with van der Waals surface area (Å²) in [6.45, 7) is 0.167. The molecular formula is C9H11F2NO. The fourth-order valence-corrected chi connectivity index (χ4v) is 1.07. The lowest BCUT2D eigenvalue weighted by Crippen LogP contribution is -2.17. The second kappa shape index (κ2) is 4.30. The highest BCUT2D eigenvalue weighted by Gasteiger charge is 2.11. The molecule has 0 aliphatic heterocycles. The van der Waals surface area contributed by atoms with Crippen LogP contribution in [0.15, 0.2) is 18.2 Å². The normalized spacial score (nSPS) is 12.9. The van der Waals surface area contributed by atoms with Gasteiger partial charge in [0, 0.05) is 12.7 Å². The molecule has 0 fully saturated rings. The van der Waals surface area contributed by atoms with Crippen molar-refractivity contribution in [2.75, 3.05) is 13.7 Å². The molecule has 72 valence electrons. The first kappa shape index (κ1) is 10.1. The van der Waals surface area contributed by atoms with E-state index in [-0.39, 0.29) is 12.2 Å². The summed E-state index contributed by atoms with van der Waals surface area (Å²) in [5.41, 5.74) is 5.68. The zero-order valence-electron chi connectivity index (χ0n) is 7.26. The quantitative estimate of drug-likeness (QED) is 0.780. The molecule has 0 aromatic heterocycles. The Balaban J connectivity index is 2.91. The molecular weight excluding hydrogens is 176 g/mol. The molecule has 0 saturated heterocycles. The molecule has 4 heteroatoms. The maximum absolute atomic E-state index is 13.0.